The van der Waals surface area contributed by atoms with Crippen LogP contribution in [0.4, 0.5) is 0 Å². The molecule has 5 fully saturated rings. The minimum Gasteiger partial charge on any atom is -0.373 e. The zero-order chi connectivity index (χ0) is 19.6. The van der Waals surface area contributed by atoms with Crippen LogP contribution in [0.1, 0.15) is 84.5 Å². The number of likely N-dealkylation sites (tertiary alicyclic amines) is 2. The Balaban J connectivity index is 1.44. The third-order valence-electron chi connectivity index (χ3n) is 10.7. The summed E-state index contributed by atoms with van der Waals surface area (Å²) >= 11 is 0. The van der Waals surface area contributed by atoms with E-state index in [-0.39, 0.29) is 0 Å². The van der Waals surface area contributed by atoms with Gasteiger partial charge < -0.3 is 9.80 Å². The zero-order valence-electron chi connectivity index (χ0n) is 19.0. The molecule has 6 rings (SSSR count). The summed E-state index contributed by atoms with van der Waals surface area (Å²) in [5, 5.41) is 0. The van der Waals surface area contributed by atoms with Crippen LogP contribution in [-0.2, 0) is 0 Å². The Bertz CT molecular complexity index is 710. The van der Waals surface area contributed by atoms with Gasteiger partial charge in [-0.2, -0.15) is 0 Å². The highest BCUT2D eigenvalue weighted by Gasteiger charge is 2.59. The monoisotopic (exact) mass is 394 g/mol. The van der Waals surface area contributed by atoms with Crippen LogP contribution in [-0.4, -0.2) is 36.0 Å². The maximum Gasteiger partial charge on any atom is 0.0564 e. The van der Waals surface area contributed by atoms with Crippen LogP contribution >= 0.6 is 0 Å². The van der Waals surface area contributed by atoms with Gasteiger partial charge in [0.25, 0.3) is 0 Å². The molecule has 1 unspecified atom stereocenters. The van der Waals surface area contributed by atoms with Crippen molar-refractivity contribution < 1.29 is 0 Å². The van der Waals surface area contributed by atoms with Crippen molar-refractivity contribution in [3.63, 3.8) is 0 Å². The van der Waals surface area contributed by atoms with Crippen LogP contribution in [0, 0.1) is 34.5 Å². The Morgan fingerprint density at radius 1 is 0.759 bits per heavy atom. The predicted octanol–water partition coefficient (Wildman–Crippen LogP) is 6.21. The topological polar surface area (TPSA) is 6.48 Å². The minimum absolute atomic E-state index is 0.379. The van der Waals surface area contributed by atoms with Crippen LogP contribution in [0.15, 0.2) is 23.5 Å². The number of allylic oxidation sites excluding steroid dienone is 3. The first kappa shape index (κ1) is 18.8. The van der Waals surface area contributed by atoms with E-state index in [1.807, 2.05) is 0 Å². The molecule has 160 valence electrons. The summed E-state index contributed by atoms with van der Waals surface area (Å²) in [5.41, 5.74) is 4.50. The maximum absolute atomic E-state index is 2.87. The van der Waals surface area contributed by atoms with Gasteiger partial charge in [-0.25, -0.2) is 0 Å². The SMILES string of the molecule is C[C@@]12CCC[C@H]1[C@@H]1CCC3C=CC(N4CCCC4)=C(N4CCCC4)[C@]3(C)[C@H]1CC2. The van der Waals surface area contributed by atoms with Gasteiger partial charge in [0, 0.05) is 37.3 Å². The molecule has 6 atom stereocenters. The highest BCUT2D eigenvalue weighted by Crippen LogP contribution is 2.67. The van der Waals surface area contributed by atoms with E-state index in [1.54, 1.807) is 11.4 Å². The van der Waals surface area contributed by atoms with Crippen molar-refractivity contribution in [3.05, 3.63) is 23.5 Å². The molecule has 0 aromatic carbocycles. The second-order valence-electron chi connectivity index (χ2n) is 11.9. The molecule has 2 heterocycles. The lowest BCUT2D eigenvalue weighted by atomic mass is 9.46. The average Bonchev–Trinajstić information content (AvgIpc) is 3.47. The average molecular weight is 395 g/mol. The number of nitrogens with zero attached hydrogens (tertiary/aromatic N) is 2. The molecule has 0 aromatic heterocycles. The molecule has 2 aliphatic heterocycles. The summed E-state index contributed by atoms with van der Waals surface area (Å²) < 4.78 is 0. The number of fused-ring (bicyclic) bond motifs is 5. The van der Waals surface area contributed by atoms with Crippen LogP contribution < -0.4 is 0 Å². The zero-order valence-corrected chi connectivity index (χ0v) is 19.0. The van der Waals surface area contributed by atoms with Crippen molar-refractivity contribution in [1.29, 1.82) is 0 Å². The highest BCUT2D eigenvalue weighted by molar-refractivity contribution is 5.38. The molecule has 2 saturated heterocycles. The molecule has 2 nitrogen and oxygen atoms in total. The molecule has 0 N–H and O–H groups in total. The van der Waals surface area contributed by atoms with E-state index in [2.05, 4.69) is 35.8 Å². The summed E-state index contributed by atoms with van der Waals surface area (Å²) in [6.07, 6.45) is 21.3. The van der Waals surface area contributed by atoms with Gasteiger partial charge in [0.1, 0.15) is 0 Å². The fourth-order valence-electron chi connectivity index (χ4n) is 9.24. The van der Waals surface area contributed by atoms with Crippen molar-refractivity contribution in [2.45, 2.75) is 84.5 Å². The smallest absolute Gasteiger partial charge is 0.0564 e. The standard InChI is InChI=1S/C27H42N2/c1-26-14-7-8-22(26)21-11-9-20-10-12-24(28-16-3-4-17-28)25(29-18-5-6-19-29)27(20,2)23(21)13-15-26/h10,12,20-23H,3-9,11,13-19H2,1-2H3/t20?,21-,22-,23-,26-,27-/m0/s1. The summed E-state index contributed by atoms with van der Waals surface area (Å²) in [4.78, 5) is 5.63. The lowest BCUT2D eigenvalue weighted by Crippen LogP contribution is -2.55. The van der Waals surface area contributed by atoms with Crippen molar-refractivity contribution in [3.8, 4) is 0 Å². The lowest BCUT2D eigenvalue weighted by molar-refractivity contribution is -0.0698. The van der Waals surface area contributed by atoms with Crippen molar-refractivity contribution >= 4 is 0 Å². The Kier molecular flexibility index (Phi) is 4.41. The van der Waals surface area contributed by atoms with Crippen molar-refractivity contribution in [2.24, 2.45) is 34.5 Å². The quantitative estimate of drug-likeness (QED) is 0.549. The maximum atomic E-state index is 2.87. The number of hydrogen-bond donors (Lipinski definition) is 0. The van der Waals surface area contributed by atoms with Gasteiger partial charge in [-0.1, -0.05) is 26.3 Å². The molecule has 0 aromatic rings. The van der Waals surface area contributed by atoms with E-state index in [0.717, 1.165) is 23.7 Å². The Morgan fingerprint density at radius 2 is 1.48 bits per heavy atom. The molecule has 0 amide bonds. The Morgan fingerprint density at radius 3 is 2.24 bits per heavy atom. The van der Waals surface area contributed by atoms with Gasteiger partial charge in [0.05, 0.1) is 5.70 Å². The van der Waals surface area contributed by atoms with Crippen LogP contribution in [0.5, 0.6) is 0 Å². The third-order valence-corrected chi connectivity index (χ3v) is 10.7. The lowest BCUT2D eigenvalue weighted by Gasteiger charge is -2.60. The molecule has 6 aliphatic rings. The second-order valence-corrected chi connectivity index (χ2v) is 11.9. The third kappa shape index (κ3) is 2.66. The first-order valence-corrected chi connectivity index (χ1v) is 13.0. The van der Waals surface area contributed by atoms with E-state index in [1.165, 1.54) is 96.8 Å². The van der Waals surface area contributed by atoms with Gasteiger partial charge in [-0.3, -0.25) is 0 Å². The van der Waals surface area contributed by atoms with Crippen molar-refractivity contribution in [1.82, 2.24) is 9.80 Å². The summed E-state index contributed by atoms with van der Waals surface area (Å²) in [7, 11) is 0. The van der Waals surface area contributed by atoms with E-state index >= 15 is 0 Å². The first-order valence-electron chi connectivity index (χ1n) is 13.0. The molecular formula is C27H42N2. The molecule has 29 heavy (non-hydrogen) atoms. The number of hydrogen-bond acceptors (Lipinski definition) is 2. The Labute approximate surface area is 178 Å². The van der Waals surface area contributed by atoms with Crippen LogP contribution in [0.2, 0.25) is 0 Å². The van der Waals surface area contributed by atoms with E-state index in [0.29, 0.717) is 10.8 Å². The van der Waals surface area contributed by atoms with Gasteiger partial charge >= 0.3 is 0 Å². The van der Waals surface area contributed by atoms with Crippen LogP contribution in [0.3, 0.4) is 0 Å². The molecule has 2 heteroatoms. The molecular weight excluding hydrogens is 352 g/mol. The molecule has 0 spiro atoms. The van der Waals surface area contributed by atoms with Gasteiger partial charge in [0.15, 0.2) is 0 Å². The van der Waals surface area contributed by atoms with Gasteiger partial charge in [0.2, 0.25) is 0 Å². The first-order chi connectivity index (χ1) is 14.1. The summed E-state index contributed by atoms with van der Waals surface area (Å²) in [6.45, 7) is 10.6. The molecule has 0 bridgehead atoms. The van der Waals surface area contributed by atoms with Gasteiger partial charge in [-0.15, -0.1) is 0 Å². The van der Waals surface area contributed by atoms with Crippen LogP contribution in [0.25, 0.3) is 0 Å². The minimum atomic E-state index is 0.379. The second kappa shape index (κ2) is 6.79. The largest absolute Gasteiger partial charge is 0.373 e. The van der Waals surface area contributed by atoms with Gasteiger partial charge in [-0.05, 0) is 99.4 Å². The fraction of sp³-hybridized carbons (Fsp3) is 0.852. The Hall–Kier alpha value is -0.920. The summed E-state index contributed by atoms with van der Waals surface area (Å²) in [5.74, 6) is 3.69. The highest BCUT2D eigenvalue weighted by atomic mass is 15.2. The van der Waals surface area contributed by atoms with E-state index in [9.17, 15) is 0 Å². The summed E-state index contributed by atoms with van der Waals surface area (Å²) in [6, 6.07) is 0. The fourth-order valence-corrected chi connectivity index (χ4v) is 9.24. The predicted molar refractivity (Wildman–Crippen MR) is 120 cm³/mol. The van der Waals surface area contributed by atoms with Crippen molar-refractivity contribution in [2.75, 3.05) is 26.2 Å². The van der Waals surface area contributed by atoms with E-state index in [4.69, 9.17) is 0 Å². The molecule has 3 saturated carbocycles. The number of rotatable bonds is 2. The van der Waals surface area contributed by atoms with E-state index < -0.39 is 0 Å². The molecule has 0 radical (unpaired) electrons. The molecule has 4 aliphatic carbocycles. The normalized spacial score (nSPS) is 46.8.